The first-order valence-electron chi connectivity index (χ1n) is 14.8. The Bertz CT molecular complexity index is 912. The Hall–Kier alpha value is -1.52. The summed E-state index contributed by atoms with van der Waals surface area (Å²) in [5.74, 6) is 5.32. The highest BCUT2D eigenvalue weighted by Crippen LogP contribution is 2.69. The molecule has 4 saturated carbocycles. The van der Waals surface area contributed by atoms with Crippen LogP contribution in [0, 0.1) is 46.3 Å². The van der Waals surface area contributed by atoms with Gasteiger partial charge in [-0.3, -0.25) is 9.59 Å². The lowest BCUT2D eigenvalue weighted by Crippen LogP contribution is -2.54. The molecule has 0 saturated heterocycles. The molecule has 0 radical (unpaired) electrons. The average molecular weight is 500 g/mol. The second kappa shape index (κ2) is 9.66. The van der Waals surface area contributed by atoms with Crippen LogP contribution in [0.2, 0.25) is 0 Å². The number of hydrogen-bond acceptors (Lipinski definition) is 4. The molecule has 10 atom stereocenters. The van der Waals surface area contributed by atoms with Gasteiger partial charge in [0, 0.05) is 32.7 Å². The summed E-state index contributed by atoms with van der Waals surface area (Å²) >= 11 is 0. The minimum Gasteiger partial charge on any atom is -0.494 e. The van der Waals surface area contributed by atoms with E-state index in [9.17, 15) is 9.59 Å². The number of carbonyl (C=O) groups excluding carboxylic acids is 2. The summed E-state index contributed by atoms with van der Waals surface area (Å²) in [4.78, 5) is 22.8. The molecular formula is C31H49NO4. The van der Waals surface area contributed by atoms with Gasteiger partial charge in [0.1, 0.15) is 12.2 Å². The maximum Gasteiger partial charge on any atom is 0.302 e. The van der Waals surface area contributed by atoms with Gasteiger partial charge in [-0.25, -0.2) is 0 Å². The lowest BCUT2D eigenvalue weighted by Gasteiger charge is -2.61. The molecule has 5 nitrogen and oxygen atoms in total. The van der Waals surface area contributed by atoms with Gasteiger partial charge in [0.15, 0.2) is 0 Å². The van der Waals surface area contributed by atoms with Crippen LogP contribution in [0.1, 0.15) is 106 Å². The third kappa shape index (κ3) is 4.41. The molecule has 5 rings (SSSR count). The monoisotopic (exact) mass is 499 g/mol. The van der Waals surface area contributed by atoms with Gasteiger partial charge in [-0.2, -0.15) is 0 Å². The van der Waals surface area contributed by atoms with Crippen LogP contribution >= 0.6 is 0 Å². The van der Waals surface area contributed by atoms with Gasteiger partial charge in [0.25, 0.3) is 0 Å². The van der Waals surface area contributed by atoms with Crippen molar-refractivity contribution in [2.45, 2.75) is 118 Å². The fraction of sp³-hybridized carbons (Fsp3) is 0.871. The Kier molecular flexibility index (Phi) is 7.00. The first kappa shape index (κ1) is 26.1. The molecule has 0 aromatic rings. The van der Waals surface area contributed by atoms with E-state index in [2.05, 4.69) is 33.0 Å². The van der Waals surface area contributed by atoms with Crippen molar-refractivity contribution in [2.24, 2.45) is 46.3 Å². The van der Waals surface area contributed by atoms with E-state index in [4.69, 9.17) is 9.47 Å². The second-order valence-corrected chi connectivity index (χ2v) is 13.8. The molecule has 4 fully saturated rings. The van der Waals surface area contributed by atoms with E-state index in [0.29, 0.717) is 34.7 Å². The van der Waals surface area contributed by atoms with Crippen molar-refractivity contribution in [3.63, 3.8) is 0 Å². The van der Waals surface area contributed by atoms with Crippen LogP contribution in [0.3, 0.4) is 0 Å². The lowest BCUT2D eigenvalue weighted by atomic mass is 9.44. The Balaban J connectivity index is 1.26. The number of rotatable bonds is 6. The molecule has 0 aromatic heterocycles. The zero-order chi connectivity index (χ0) is 25.8. The van der Waals surface area contributed by atoms with Crippen LogP contribution in [0.5, 0.6) is 0 Å². The highest BCUT2D eigenvalue weighted by Gasteiger charge is 2.64. The minimum atomic E-state index is -0.117. The van der Waals surface area contributed by atoms with Crippen LogP contribution in [0.25, 0.3) is 0 Å². The standard InChI is InChI=1S/C31H49NO4/c1-18(17-32-20(3)33)7-10-27-19(2)29-28(36-27)16-26-24-9-8-22-15-23(35-21(4)34)11-13-30(22,5)25(24)12-14-31(26,29)6/h18,22-26,28-29H,7-17H2,1-6H3,(H,32,33)/t18-,22-,23-,24+,25-,26-,28+,29-,30-,31-/m0/s1. The number of ether oxygens (including phenoxy) is 2. The smallest absolute Gasteiger partial charge is 0.302 e. The summed E-state index contributed by atoms with van der Waals surface area (Å²) in [6.07, 6.45) is 12.4. The fourth-order valence-corrected chi connectivity index (χ4v) is 9.94. The lowest BCUT2D eigenvalue weighted by molar-refractivity contribution is -0.159. The molecule has 202 valence electrons. The first-order chi connectivity index (χ1) is 17.0. The number of hydrogen-bond donors (Lipinski definition) is 1. The number of fused-ring (bicyclic) bond motifs is 7. The van der Waals surface area contributed by atoms with Crippen LogP contribution in [-0.2, 0) is 19.1 Å². The molecule has 0 bridgehead atoms. The maximum absolute atomic E-state index is 11.6. The van der Waals surface area contributed by atoms with Crippen molar-refractivity contribution in [3.8, 4) is 0 Å². The number of nitrogens with one attached hydrogen (secondary N) is 1. The zero-order valence-electron chi connectivity index (χ0n) is 23.5. The number of carbonyl (C=O) groups is 2. The summed E-state index contributed by atoms with van der Waals surface area (Å²) in [5, 5.41) is 2.96. The Morgan fingerprint density at radius 2 is 1.81 bits per heavy atom. The van der Waals surface area contributed by atoms with E-state index in [1.54, 1.807) is 13.8 Å². The van der Waals surface area contributed by atoms with E-state index in [1.165, 1.54) is 49.9 Å². The zero-order valence-corrected chi connectivity index (χ0v) is 23.5. The highest BCUT2D eigenvalue weighted by molar-refractivity contribution is 5.72. The van der Waals surface area contributed by atoms with Crippen LogP contribution in [-0.4, -0.2) is 30.6 Å². The molecular weight excluding hydrogens is 450 g/mol. The van der Waals surface area contributed by atoms with Crippen LogP contribution < -0.4 is 5.32 Å². The van der Waals surface area contributed by atoms with Crippen molar-refractivity contribution in [1.82, 2.24) is 5.32 Å². The normalized spacial score (nSPS) is 44.0. The van der Waals surface area contributed by atoms with Crippen molar-refractivity contribution in [2.75, 3.05) is 6.54 Å². The van der Waals surface area contributed by atoms with Crippen LogP contribution in [0.4, 0.5) is 0 Å². The molecule has 5 heteroatoms. The van der Waals surface area contributed by atoms with E-state index < -0.39 is 0 Å². The van der Waals surface area contributed by atoms with E-state index in [-0.39, 0.29) is 18.0 Å². The number of esters is 1. The summed E-state index contributed by atoms with van der Waals surface area (Å²) < 4.78 is 12.4. The summed E-state index contributed by atoms with van der Waals surface area (Å²) in [5.41, 5.74) is 2.29. The molecule has 4 aliphatic carbocycles. The van der Waals surface area contributed by atoms with E-state index in [0.717, 1.165) is 50.0 Å². The highest BCUT2D eigenvalue weighted by atomic mass is 16.5. The largest absolute Gasteiger partial charge is 0.494 e. The summed E-state index contributed by atoms with van der Waals surface area (Å²) in [7, 11) is 0. The van der Waals surface area contributed by atoms with Crippen molar-refractivity contribution >= 4 is 11.9 Å². The Morgan fingerprint density at radius 3 is 2.53 bits per heavy atom. The maximum atomic E-state index is 11.6. The van der Waals surface area contributed by atoms with Crippen molar-refractivity contribution < 1.29 is 19.1 Å². The van der Waals surface area contributed by atoms with E-state index in [1.807, 2.05) is 0 Å². The fourth-order valence-electron chi connectivity index (χ4n) is 9.94. The third-order valence-corrected chi connectivity index (χ3v) is 11.7. The molecule has 1 heterocycles. The molecule has 0 aromatic carbocycles. The first-order valence-corrected chi connectivity index (χ1v) is 14.8. The Labute approximate surface area is 218 Å². The SMILES string of the molecule is CC(=O)NC[C@@H](C)CCC1=C(C)[C@H]2[C@@H](C[C@H]3[C@@H]4CC[C@H]5C[C@@H](OC(C)=O)CC[C@]5(C)[C@H]4CC[C@@]32C)O1. The van der Waals surface area contributed by atoms with Crippen molar-refractivity contribution in [1.29, 1.82) is 0 Å². The Morgan fingerprint density at radius 1 is 1.06 bits per heavy atom. The summed E-state index contributed by atoms with van der Waals surface area (Å²) in [6, 6.07) is 0. The molecule has 0 unspecified atom stereocenters. The van der Waals surface area contributed by atoms with Gasteiger partial charge in [-0.05, 0) is 111 Å². The van der Waals surface area contributed by atoms with Gasteiger partial charge < -0.3 is 14.8 Å². The van der Waals surface area contributed by atoms with Crippen LogP contribution in [0.15, 0.2) is 11.3 Å². The molecule has 36 heavy (non-hydrogen) atoms. The molecule has 1 N–H and O–H groups in total. The molecule has 5 aliphatic rings. The predicted octanol–water partition coefficient (Wildman–Crippen LogP) is 6.41. The number of amides is 1. The van der Waals surface area contributed by atoms with Crippen molar-refractivity contribution in [3.05, 3.63) is 11.3 Å². The second-order valence-electron chi connectivity index (χ2n) is 13.8. The van der Waals surface area contributed by atoms with Gasteiger partial charge >= 0.3 is 5.97 Å². The third-order valence-electron chi connectivity index (χ3n) is 11.7. The number of allylic oxidation sites excluding steroid dienone is 1. The predicted molar refractivity (Wildman–Crippen MR) is 141 cm³/mol. The minimum absolute atomic E-state index is 0.0544. The van der Waals surface area contributed by atoms with Gasteiger partial charge in [-0.15, -0.1) is 0 Å². The average Bonchev–Trinajstić information content (AvgIpc) is 3.29. The van der Waals surface area contributed by atoms with E-state index >= 15 is 0 Å². The van der Waals surface area contributed by atoms with Gasteiger partial charge in [0.05, 0.1) is 5.76 Å². The molecule has 1 aliphatic heterocycles. The topological polar surface area (TPSA) is 64.6 Å². The molecule has 1 amide bonds. The quantitative estimate of drug-likeness (QED) is 0.429. The molecule has 0 spiro atoms. The van der Waals surface area contributed by atoms with Gasteiger partial charge in [0.2, 0.25) is 5.91 Å². The summed E-state index contributed by atoms with van der Waals surface area (Å²) in [6.45, 7) is 13.6. The van der Waals surface area contributed by atoms with Gasteiger partial charge in [-0.1, -0.05) is 20.8 Å².